The molecular weight excluding hydrogens is 316 g/mol. The smallest absolute Gasteiger partial charge is 0.251 e. The molecule has 4 rings (SSSR count). The predicted octanol–water partition coefficient (Wildman–Crippen LogP) is 2.07. The van der Waals surface area contributed by atoms with Crippen LogP contribution in [0.5, 0.6) is 0 Å². The van der Waals surface area contributed by atoms with E-state index in [1.807, 2.05) is 17.5 Å². The van der Waals surface area contributed by atoms with E-state index < -0.39 is 0 Å². The van der Waals surface area contributed by atoms with Crippen LogP contribution < -0.4 is 10.5 Å². The first-order valence-corrected chi connectivity index (χ1v) is 8.80. The Bertz CT molecular complexity index is 960. The van der Waals surface area contributed by atoms with Gasteiger partial charge in [0.25, 0.3) is 5.56 Å². The summed E-state index contributed by atoms with van der Waals surface area (Å²) in [5, 5.41) is 4.44. The highest BCUT2D eigenvalue weighted by Gasteiger charge is 2.25. The fraction of sp³-hybridized carbons (Fsp3) is 0.444. The summed E-state index contributed by atoms with van der Waals surface area (Å²) in [6.07, 6.45) is 4.78. The van der Waals surface area contributed by atoms with Crippen LogP contribution in [0.3, 0.4) is 0 Å². The second kappa shape index (κ2) is 6.31. The van der Waals surface area contributed by atoms with Crippen molar-refractivity contribution in [3.05, 3.63) is 52.0 Å². The lowest BCUT2D eigenvalue weighted by Crippen LogP contribution is -2.36. The van der Waals surface area contributed by atoms with Crippen LogP contribution in [0.1, 0.15) is 42.9 Å². The number of aromatic nitrogens is 5. The molecule has 0 spiro atoms. The average Bonchev–Trinajstić information content (AvgIpc) is 3.08. The maximum absolute atomic E-state index is 11.8. The summed E-state index contributed by atoms with van der Waals surface area (Å²) in [5.41, 5.74) is 2.75. The number of nitrogens with one attached hydrogen (secondary N) is 1. The SMILES string of the molecule is CCc1cc(N2CCC[C@H](c3cc(=O)[nH]c(C)n3)C2)n2nccc2n1. The van der Waals surface area contributed by atoms with E-state index in [0.717, 1.165) is 55.2 Å². The monoisotopic (exact) mass is 338 g/mol. The Balaban J connectivity index is 1.70. The molecule has 4 heterocycles. The number of nitrogens with zero attached hydrogens (tertiary/aromatic N) is 5. The molecule has 25 heavy (non-hydrogen) atoms. The molecule has 1 aliphatic heterocycles. The maximum Gasteiger partial charge on any atom is 0.251 e. The first-order valence-electron chi connectivity index (χ1n) is 8.80. The van der Waals surface area contributed by atoms with Crippen LogP contribution in [-0.4, -0.2) is 37.7 Å². The number of aryl methyl sites for hydroxylation is 2. The van der Waals surface area contributed by atoms with Gasteiger partial charge in [0.2, 0.25) is 0 Å². The largest absolute Gasteiger partial charge is 0.356 e. The minimum atomic E-state index is -0.0775. The zero-order chi connectivity index (χ0) is 17.4. The molecule has 130 valence electrons. The van der Waals surface area contributed by atoms with Gasteiger partial charge >= 0.3 is 0 Å². The van der Waals surface area contributed by atoms with Gasteiger partial charge in [0.05, 0.1) is 11.9 Å². The van der Waals surface area contributed by atoms with Crippen molar-refractivity contribution in [3.8, 4) is 0 Å². The Morgan fingerprint density at radius 2 is 2.20 bits per heavy atom. The van der Waals surface area contributed by atoms with E-state index in [1.165, 1.54) is 0 Å². The van der Waals surface area contributed by atoms with E-state index in [1.54, 1.807) is 12.3 Å². The van der Waals surface area contributed by atoms with Gasteiger partial charge in [0.1, 0.15) is 11.6 Å². The third-order valence-corrected chi connectivity index (χ3v) is 4.80. The molecule has 3 aromatic rings. The minimum Gasteiger partial charge on any atom is -0.356 e. The molecular formula is C18H22N6O. The van der Waals surface area contributed by atoms with Gasteiger partial charge < -0.3 is 9.88 Å². The van der Waals surface area contributed by atoms with E-state index in [-0.39, 0.29) is 11.5 Å². The second-order valence-electron chi connectivity index (χ2n) is 6.60. The molecule has 0 amide bonds. The molecule has 1 aliphatic rings. The molecule has 7 heteroatoms. The molecule has 0 saturated carbocycles. The Kier molecular flexibility index (Phi) is 3.99. The highest BCUT2D eigenvalue weighted by molar-refractivity contribution is 5.51. The number of H-pyrrole nitrogens is 1. The van der Waals surface area contributed by atoms with Gasteiger partial charge in [-0.2, -0.15) is 9.61 Å². The first-order chi connectivity index (χ1) is 12.1. The van der Waals surface area contributed by atoms with E-state index in [2.05, 4.69) is 37.9 Å². The van der Waals surface area contributed by atoms with Crippen molar-refractivity contribution in [1.29, 1.82) is 0 Å². The lowest BCUT2D eigenvalue weighted by molar-refractivity contribution is 0.493. The van der Waals surface area contributed by atoms with Crippen molar-refractivity contribution in [2.24, 2.45) is 0 Å². The predicted molar refractivity (Wildman–Crippen MR) is 96.1 cm³/mol. The number of hydrogen-bond acceptors (Lipinski definition) is 5. The summed E-state index contributed by atoms with van der Waals surface area (Å²) in [6, 6.07) is 5.69. The van der Waals surface area contributed by atoms with E-state index in [4.69, 9.17) is 0 Å². The number of aromatic amines is 1. The van der Waals surface area contributed by atoms with Crippen molar-refractivity contribution in [1.82, 2.24) is 24.6 Å². The van der Waals surface area contributed by atoms with Crippen molar-refractivity contribution in [2.45, 2.75) is 39.0 Å². The quantitative estimate of drug-likeness (QED) is 0.791. The van der Waals surface area contributed by atoms with Crippen LogP contribution in [0.4, 0.5) is 5.82 Å². The molecule has 1 saturated heterocycles. The fourth-order valence-electron chi connectivity index (χ4n) is 3.59. The molecule has 0 bridgehead atoms. The van der Waals surface area contributed by atoms with Crippen molar-refractivity contribution in [2.75, 3.05) is 18.0 Å². The van der Waals surface area contributed by atoms with Gasteiger partial charge in [-0.3, -0.25) is 4.79 Å². The Labute approximate surface area is 145 Å². The number of hydrogen-bond donors (Lipinski definition) is 1. The maximum atomic E-state index is 11.8. The third kappa shape index (κ3) is 3.01. The van der Waals surface area contributed by atoms with Crippen LogP contribution in [0, 0.1) is 6.92 Å². The second-order valence-corrected chi connectivity index (χ2v) is 6.60. The number of piperidine rings is 1. The molecule has 0 aliphatic carbocycles. The molecule has 7 nitrogen and oxygen atoms in total. The zero-order valence-electron chi connectivity index (χ0n) is 14.6. The van der Waals surface area contributed by atoms with Crippen LogP contribution in [0.25, 0.3) is 5.65 Å². The number of anilines is 1. The molecule has 1 atom stereocenters. The van der Waals surface area contributed by atoms with Crippen molar-refractivity contribution < 1.29 is 0 Å². The summed E-state index contributed by atoms with van der Waals surface area (Å²) in [5.74, 6) is 1.99. The summed E-state index contributed by atoms with van der Waals surface area (Å²) < 4.78 is 1.90. The van der Waals surface area contributed by atoms with Crippen LogP contribution >= 0.6 is 0 Å². The van der Waals surface area contributed by atoms with Gasteiger partial charge in [-0.1, -0.05) is 6.92 Å². The normalized spacial score (nSPS) is 18.0. The number of fused-ring (bicyclic) bond motifs is 1. The zero-order valence-corrected chi connectivity index (χ0v) is 14.6. The topological polar surface area (TPSA) is 79.2 Å². The summed E-state index contributed by atoms with van der Waals surface area (Å²) in [7, 11) is 0. The lowest BCUT2D eigenvalue weighted by atomic mass is 9.94. The van der Waals surface area contributed by atoms with Crippen LogP contribution in [0.2, 0.25) is 0 Å². The molecule has 0 unspecified atom stereocenters. The lowest BCUT2D eigenvalue weighted by Gasteiger charge is -2.34. The summed E-state index contributed by atoms with van der Waals surface area (Å²) in [6.45, 7) is 5.74. The number of rotatable bonds is 3. The van der Waals surface area contributed by atoms with E-state index in [0.29, 0.717) is 5.82 Å². The summed E-state index contributed by atoms with van der Waals surface area (Å²) in [4.78, 5) is 26.0. The van der Waals surface area contributed by atoms with Crippen molar-refractivity contribution in [3.63, 3.8) is 0 Å². The van der Waals surface area contributed by atoms with Crippen molar-refractivity contribution >= 4 is 11.5 Å². The van der Waals surface area contributed by atoms with Gasteiger partial charge in [-0.15, -0.1) is 0 Å². The highest BCUT2D eigenvalue weighted by atomic mass is 16.1. The Morgan fingerprint density at radius 3 is 3.00 bits per heavy atom. The highest BCUT2D eigenvalue weighted by Crippen LogP contribution is 2.29. The minimum absolute atomic E-state index is 0.0775. The molecule has 1 fully saturated rings. The van der Waals surface area contributed by atoms with E-state index >= 15 is 0 Å². The molecule has 0 radical (unpaired) electrons. The van der Waals surface area contributed by atoms with E-state index in [9.17, 15) is 4.79 Å². The van der Waals surface area contributed by atoms with Gasteiger partial charge in [-0.05, 0) is 26.2 Å². The van der Waals surface area contributed by atoms with Gasteiger partial charge in [-0.25, -0.2) is 9.97 Å². The molecule has 0 aromatic carbocycles. The molecule has 3 aromatic heterocycles. The van der Waals surface area contributed by atoms with Crippen LogP contribution in [0.15, 0.2) is 29.2 Å². The van der Waals surface area contributed by atoms with Crippen LogP contribution in [-0.2, 0) is 6.42 Å². The fourth-order valence-corrected chi connectivity index (χ4v) is 3.59. The average molecular weight is 338 g/mol. The summed E-state index contributed by atoms with van der Waals surface area (Å²) >= 11 is 0. The first kappa shape index (κ1) is 15.8. The Hall–Kier alpha value is -2.70. The Morgan fingerprint density at radius 1 is 1.32 bits per heavy atom. The van der Waals surface area contributed by atoms with Gasteiger partial charge in [0.15, 0.2) is 5.65 Å². The standard InChI is InChI=1S/C18H22N6O/c1-3-14-9-18(24-16(22-14)6-7-19-24)23-8-4-5-13(11-23)15-10-17(25)21-12(2)20-15/h6-7,9-10,13H,3-5,8,11H2,1-2H3,(H,20,21,25)/t13-/m0/s1. The molecule has 1 N–H and O–H groups in total. The third-order valence-electron chi connectivity index (χ3n) is 4.80. The van der Waals surface area contributed by atoms with Gasteiger partial charge in [0, 0.05) is 42.9 Å².